The first-order valence-corrected chi connectivity index (χ1v) is 6.53. The predicted octanol–water partition coefficient (Wildman–Crippen LogP) is 1.63. The molecular weight excluding hydrogens is 266 g/mol. The van der Waals surface area contributed by atoms with E-state index in [0.29, 0.717) is 11.3 Å². The van der Waals surface area contributed by atoms with Crippen molar-refractivity contribution in [3.8, 4) is 11.8 Å². The molecule has 0 saturated carbocycles. The molecule has 108 valence electrons. The highest BCUT2D eigenvalue weighted by Crippen LogP contribution is 2.18. The number of rotatable bonds is 2. The summed E-state index contributed by atoms with van der Waals surface area (Å²) in [5.41, 5.74) is 3.74. The Hall–Kier alpha value is -2.58. The van der Waals surface area contributed by atoms with Gasteiger partial charge in [0.1, 0.15) is 6.61 Å². The summed E-state index contributed by atoms with van der Waals surface area (Å²) in [6, 6.07) is 5.53. The number of nitrogens with one attached hydrogen (secondary N) is 1. The van der Waals surface area contributed by atoms with Crippen LogP contribution in [0.2, 0.25) is 0 Å². The highest BCUT2D eigenvalue weighted by Gasteiger charge is 2.13. The number of aromatic nitrogens is 2. The van der Waals surface area contributed by atoms with Crippen molar-refractivity contribution in [3.05, 3.63) is 46.8 Å². The maximum Gasteiger partial charge on any atom is 0.259 e. The minimum absolute atomic E-state index is 0.190. The van der Waals surface area contributed by atoms with Gasteiger partial charge in [0, 0.05) is 24.0 Å². The second-order valence-corrected chi connectivity index (χ2v) is 4.71. The normalized spacial score (nSPS) is 9.90. The molecule has 2 aromatic rings. The average molecular weight is 283 g/mol. The van der Waals surface area contributed by atoms with Gasteiger partial charge in [0.15, 0.2) is 0 Å². The Kier molecular flexibility index (Phi) is 4.41. The molecule has 1 aromatic heterocycles. The molecule has 0 unspecified atom stereocenters. The van der Waals surface area contributed by atoms with Gasteiger partial charge in [-0.1, -0.05) is 17.9 Å². The van der Waals surface area contributed by atoms with E-state index in [2.05, 4.69) is 22.3 Å². The van der Waals surface area contributed by atoms with Gasteiger partial charge in [-0.05, 0) is 31.5 Å². The fourth-order valence-electron chi connectivity index (χ4n) is 1.89. The van der Waals surface area contributed by atoms with Crippen LogP contribution in [0.5, 0.6) is 0 Å². The van der Waals surface area contributed by atoms with Crippen LogP contribution in [0.25, 0.3) is 0 Å². The summed E-state index contributed by atoms with van der Waals surface area (Å²) < 4.78 is 1.66. The highest BCUT2D eigenvalue weighted by molar-refractivity contribution is 6.05. The van der Waals surface area contributed by atoms with Crippen LogP contribution in [-0.2, 0) is 7.05 Å². The molecule has 0 spiro atoms. The van der Waals surface area contributed by atoms with Crippen LogP contribution in [-0.4, -0.2) is 27.4 Å². The maximum atomic E-state index is 12.3. The summed E-state index contributed by atoms with van der Waals surface area (Å²) in [4.78, 5) is 12.3. The standard InChI is InChI=1S/C16H17N3O2/c1-11-6-7-13(5-4-8-20)9-15(11)18-16(21)14-10-17-19(3)12(14)2/h6-7,9-10,20H,8H2,1-3H3,(H,18,21). The van der Waals surface area contributed by atoms with Crippen molar-refractivity contribution in [2.24, 2.45) is 7.05 Å². The lowest BCUT2D eigenvalue weighted by molar-refractivity contribution is 0.102. The molecule has 21 heavy (non-hydrogen) atoms. The van der Waals surface area contributed by atoms with Crippen molar-refractivity contribution in [2.75, 3.05) is 11.9 Å². The Labute approximate surface area is 123 Å². The van der Waals surface area contributed by atoms with Crippen molar-refractivity contribution in [2.45, 2.75) is 13.8 Å². The third-order valence-electron chi connectivity index (χ3n) is 3.28. The summed E-state index contributed by atoms with van der Waals surface area (Å²) in [5, 5.41) is 15.7. The first kappa shape index (κ1) is 14.8. The Morgan fingerprint density at radius 2 is 2.19 bits per heavy atom. The molecule has 0 atom stereocenters. The van der Waals surface area contributed by atoms with Gasteiger partial charge in [-0.25, -0.2) is 0 Å². The molecule has 0 aliphatic carbocycles. The van der Waals surface area contributed by atoms with Gasteiger partial charge in [-0.2, -0.15) is 5.10 Å². The molecule has 1 aromatic carbocycles. The van der Waals surface area contributed by atoms with Crippen LogP contribution < -0.4 is 5.32 Å². The van der Waals surface area contributed by atoms with E-state index in [1.165, 1.54) is 0 Å². The molecule has 0 saturated heterocycles. The first-order chi connectivity index (χ1) is 10.0. The lowest BCUT2D eigenvalue weighted by Crippen LogP contribution is -2.14. The van der Waals surface area contributed by atoms with Gasteiger partial charge in [-0.3, -0.25) is 9.48 Å². The largest absolute Gasteiger partial charge is 0.384 e. The van der Waals surface area contributed by atoms with E-state index in [1.54, 1.807) is 24.0 Å². The number of carbonyl (C=O) groups excluding carboxylic acids is 1. The van der Waals surface area contributed by atoms with Crippen molar-refractivity contribution in [1.29, 1.82) is 0 Å². The molecule has 1 amide bonds. The third kappa shape index (κ3) is 3.30. The van der Waals surface area contributed by atoms with Crippen LogP contribution >= 0.6 is 0 Å². The van der Waals surface area contributed by atoms with Gasteiger partial charge in [0.25, 0.3) is 5.91 Å². The summed E-state index contributed by atoms with van der Waals surface area (Å²) >= 11 is 0. The zero-order valence-electron chi connectivity index (χ0n) is 12.3. The quantitative estimate of drug-likeness (QED) is 0.823. The van der Waals surface area contributed by atoms with Gasteiger partial charge < -0.3 is 10.4 Å². The molecule has 2 N–H and O–H groups in total. The van der Waals surface area contributed by atoms with Crippen molar-refractivity contribution in [1.82, 2.24) is 9.78 Å². The first-order valence-electron chi connectivity index (χ1n) is 6.53. The monoisotopic (exact) mass is 283 g/mol. The number of anilines is 1. The second-order valence-electron chi connectivity index (χ2n) is 4.71. The molecule has 5 heteroatoms. The third-order valence-corrected chi connectivity index (χ3v) is 3.28. The lowest BCUT2D eigenvalue weighted by atomic mass is 10.1. The number of benzene rings is 1. The zero-order chi connectivity index (χ0) is 15.4. The number of carbonyl (C=O) groups is 1. The number of amides is 1. The molecule has 0 fully saturated rings. The van der Waals surface area contributed by atoms with Crippen molar-refractivity contribution < 1.29 is 9.90 Å². The molecule has 0 bridgehead atoms. The number of nitrogens with zero attached hydrogens (tertiary/aromatic N) is 2. The van der Waals surface area contributed by atoms with E-state index >= 15 is 0 Å². The SMILES string of the molecule is Cc1ccc(C#CCO)cc1NC(=O)c1cnn(C)c1C. The summed E-state index contributed by atoms with van der Waals surface area (Å²) in [6.07, 6.45) is 1.55. The van der Waals surface area contributed by atoms with Gasteiger partial charge in [0.2, 0.25) is 0 Å². The number of aryl methyl sites for hydroxylation is 2. The van der Waals surface area contributed by atoms with E-state index < -0.39 is 0 Å². The van der Waals surface area contributed by atoms with Gasteiger partial charge in [-0.15, -0.1) is 0 Å². The van der Waals surface area contributed by atoms with Crippen LogP contribution in [0, 0.1) is 25.7 Å². The Balaban J connectivity index is 2.26. The number of aliphatic hydroxyl groups is 1. The summed E-state index contributed by atoms with van der Waals surface area (Å²) in [6.45, 7) is 3.57. The molecular formula is C16H17N3O2. The highest BCUT2D eigenvalue weighted by atomic mass is 16.2. The van der Waals surface area contributed by atoms with E-state index in [-0.39, 0.29) is 12.5 Å². The van der Waals surface area contributed by atoms with Crippen molar-refractivity contribution in [3.63, 3.8) is 0 Å². The number of aliphatic hydroxyl groups excluding tert-OH is 1. The smallest absolute Gasteiger partial charge is 0.259 e. The minimum atomic E-state index is -0.198. The molecule has 0 aliphatic rings. The zero-order valence-corrected chi connectivity index (χ0v) is 12.3. The fourth-order valence-corrected chi connectivity index (χ4v) is 1.89. The minimum Gasteiger partial charge on any atom is -0.384 e. The van der Waals surface area contributed by atoms with E-state index in [9.17, 15) is 4.79 Å². The summed E-state index contributed by atoms with van der Waals surface area (Å²) in [5.74, 6) is 5.21. The van der Waals surface area contributed by atoms with Crippen molar-refractivity contribution >= 4 is 11.6 Å². The molecule has 0 aliphatic heterocycles. The second kappa shape index (κ2) is 6.25. The lowest BCUT2D eigenvalue weighted by Gasteiger charge is -2.08. The van der Waals surface area contributed by atoms with Crippen LogP contribution in [0.3, 0.4) is 0 Å². The number of hydrogen-bond donors (Lipinski definition) is 2. The Bertz CT molecular complexity index is 736. The van der Waals surface area contributed by atoms with Gasteiger partial charge >= 0.3 is 0 Å². The molecule has 5 nitrogen and oxygen atoms in total. The fraction of sp³-hybridized carbons (Fsp3) is 0.250. The van der Waals surface area contributed by atoms with Crippen LogP contribution in [0.15, 0.2) is 24.4 Å². The molecule has 0 radical (unpaired) electrons. The Morgan fingerprint density at radius 1 is 1.43 bits per heavy atom. The van der Waals surface area contributed by atoms with Crippen LogP contribution in [0.4, 0.5) is 5.69 Å². The van der Waals surface area contributed by atoms with E-state index in [1.807, 2.05) is 26.0 Å². The predicted molar refractivity (Wildman–Crippen MR) is 81.0 cm³/mol. The molecule has 1 heterocycles. The number of hydrogen-bond acceptors (Lipinski definition) is 3. The Morgan fingerprint density at radius 3 is 2.81 bits per heavy atom. The van der Waals surface area contributed by atoms with Gasteiger partial charge in [0.05, 0.1) is 11.8 Å². The van der Waals surface area contributed by atoms with E-state index in [4.69, 9.17) is 5.11 Å². The molecule has 2 rings (SSSR count). The summed E-state index contributed by atoms with van der Waals surface area (Å²) in [7, 11) is 1.79. The topological polar surface area (TPSA) is 67.2 Å². The average Bonchev–Trinajstić information content (AvgIpc) is 2.80. The van der Waals surface area contributed by atoms with Crippen LogP contribution in [0.1, 0.15) is 27.2 Å². The maximum absolute atomic E-state index is 12.3. The van der Waals surface area contributed by atoms with E-state index in [0.717, 1.165) is 16.8 Å².